The summed E-state index contributed by atoms with van der Waals surface area (Å²) in [7, 11) is 0. The molecule has 3 N–H and O–H groups in total. The second-order valence-electron chi connectivity index (χ2n) is 11.2. The van der Waals surface area contributed by atoms with Crippen LogP contribution in [0.3, 0.4) is 0 Å². The zero-order valence-electron chi connectivity index (χ0n) is 23.2. The van der Waals surface area contributed by atoms with Gasteiger partial charge in [-0.2, -0.15) is 0 Å². The largest absolute Gasteiger partial charge is 0.461 e. The predicted molar refractivity (Wildman–Crippen MR) is 153 cm³/mol. The van der Waals surface area contributed by atoms with Crippen LogP contribution < -0.4 is 16.0 Å². The van der Waals surface area contributed by atoms with Gasteiger partial charge in [0.15, 0.2) is 0 Å². The molecule has 0 aromatic heterocycles. The van der Waals surface area contributed by atoms with E-state index >= 15 is 0 Å². The van der Waals surface area contributed by atoms with E-state index in [1.165, 1.54) is 28.7 Å². The minimum absolute atomic E-state index is 0.0204. The third-order valence-electron chi connectivity index (χ3n) is 8.35. The summed E-state index contributed by atoms with van der Waals surface area (Å²) in [5.74, 6) is -0.463. The number of hydrogen-bond donors (Lipinski definition) is 3. The van der Waals surface area contributed by atoms with Crippen LogP contribution in [0.1, 0.15) is 81.3 Å². The Morgan fingerprint density at radius 2 is 1.57 bits per heavy atom. The molecule has 2 amide bonds. The van der Waals surface area contributed by atoms with Crippen molar-refractivity contribution in [2.24, 2.45) is 0 Å². The topological polar surface area (TPSA) is 106 Å². The maximum Gasteiger partial charge on any atom is 0.407 e. The summed E-state index contributed by atoms with van der Waals surface area (Å²) in [5, 5.41) is 8.95. The number of amides is 2. The molecule has 3 aliphatic rings. The summed E-state index contributed by atoms with van der Waals surface area (Å²) < 4.78 is 11.4. The third-order valence-corrected chi connectivity index (χ3v) is 8.35. The third kappa shape index (κ3) is 7.02. The lowest BCUT2D eigenvalue weighted by molar-refractivity contribution is -0.154. The summed E-state index contributed by atoms with van der Waals surface area (Å²) in [5.41, 5.74) is 4.74. The van der Waals surface area contributed by atoms with Crippen LogP contribution in [0.5, 0.6) is 0 Å². The Kier molecular flexibility index (Phi) is 9.71. The number of hydrogen-bond acceptors (Lipinski definition) is 6. The molecule has 1 aliphatic heterocycles. The van der Waals surface area contributed by atoms with Crippen molar-refractivity contribution >= 4 is 18.0 Å². The van der Waals surface area contributed by atoms with Gasteiger partial charge in [0.2, 0.25) is 5.91 Å². The van der Waals surface area contributed by atoms with E-state index in [2.05, 4.69) is 40.2 Å². The van der Waals surface area contributed by atoms with Crippen LogP contribution in [-0.4, -0.2) is 55.9 Å². The minimum Gasteiger partial charge on any atom is -0.461 e. The Labute approximate surface area is 236 Å². The lowest BCUT2D eigenvalue weighted by atomic mass is 9.97. The van der Waals surface area contributed by atoms with Crippen molar-refractivity contribution in [1.82, 2.24) is 16.0 Å². The van der Waals surface area contributed by atoms with E-state index in [4.69, 9.17) is 9.47 Å². The Hall–Kier alpha value is -3.39. The molecule has 214 valence electrons. The molecule has 2 fully saturated rings. The van der Waals surface area contributed by atoms with E-state index in [9.17, 15) is 14.4 Å². The Morgan fingerprint density at radius 3 is 2.25 bits per heavy atom. The van der Waals surface area contributed by atoms with E-state index in [0.717, 1.165) is 45.1 Å². The lowest BCUT2D eigenvalue weighted by Gasteiger charge is -2.26. The summed E-state index contributed by atoms with van der Waals surface area (Å²) in [6.45, 7) is 1.52. The summed E-state index contributed by atoms with van der Waals surface area (Å²) in [6, 6.07) is 15.6. The fourth-order valence-electron chi connectivity index (χ4n) is 6.17. The molecule has 1 unspecified atom stereocenters. The van der Waals surface area contributed by atoms with Crippen LogP contribution in [0, 0.1) is 0 Å². The quantitative estimate of drug-likeness (QED) is 0.276. The Morgan fingerprint density at radius 1 is 0.875 bits per heavy atom. The highest BCUT2D eigenvalue weighted by atomic mass is 16.6. The summed E-state index contributed by atoms with van der Waals surface area (Å²) in [4.78, 5) is 38.2. The van der Waals surface area contributed by atoms with Gasteiger partial charge >= 0.3 is 12.1 Å². The normalized spacial score (nSPS) is 19.4. The van der Waals surface area contributed by atoms with Crippen LogP contribution in [0.4, 0.5) is 4.79 Å². The van der Waals surface area contributed by atoms with Crippen molar-refractivity contribution < 1.29 is 23.9 Å². The number of fused-ring (bicyclic) bond motifs is 3. The van der Waals surface area contributed by atoms with Gasteiger partial charge < -0.3 is 25.4 Å². The van der Waals surface area contributed by atoms with Gasteiger partial charge in [0.05, 0.1) is 6.04 Å². The van der Waals surface area contributed by atoms with Crippen molar-refractivity contribution in [1.29, 1.82) is 0 Å². The molecular weight excluding hydrogens is 506 g/mol. The monoisotopic (exact) mass is 547 g/mol. The fraction of sp³-hybridized carbons (Fsp3) is 0.531. The molecule has 0 radical (unpaired) electrons. The minimum atomic E-state index is -0.675. The molecule has 1 saturated carbocycles. The zero-order valence-corrected chi connectivity index (χ0v) is 23.2. The molecule has 2 aromatic carbocycles. The molecule has 1 saturated heterocycles. The second-order valence-corrected chi connectivity index (χ2v) is 11.2. The highest BCUT2D eigenvalue weighted by Crippen LogP contribution is 2.44. The average Bonchev–Trinajstić information content (AvgIpc) is 3.63. The zero-order chi connectivity index (χ0) is 27.7. The maximum atomic E-state index is 13.0. The van der Waals surface area contributed by atoms with Gasteiger partial charge in [-0.3, -0.25) is 4.79 Å². The van der Waals surface area contributed by atoms with E-state index < -0.39 is 12.1 Å². The predicted octanol–water partition coefficient (Wildman–Crippen LogP) is 4.81. The molecule has 40 heavy (non-hydrogen) atoms. The van der Waals surface area contributed by atoms with Gasteiger partial charge in [0.25, 0.3) is 0 Å². The number of alkyl carbamates (subject to hydrolysis) is 1. The fourth-order valence-corrected chi connectivity index (χ4v) is 6.17. The highest BCUT2D eigenvalue weighted by molar-refractivity contribution is 5.87. The molecule has 0 spiro atoms. The molecule has 0 bridgehead atoms. The van der Waals surface area contributed by atoms with Gasteiger partial charge in [0, 0.05) is 12.5 Å². The van der Waals surface area contributed by atoms with Crippen LogP contribution in [0.2, 0.25) is 0 Å². The highest BCUT2D eigenvalue weighted by Gasteiger charge is 2.31. The first-order valence-corrected chi connectivity index (χ1v) is 14.9. The molecule has 1 heterocycles. The number of nitrogens with one attached hydrogen (secondary N) is 3. The smallest absolute Gasteiger partial charge is 0.407 e. The second kappa shape index (κ2) is 13.8. The van der Waals surface area contributed by atoms with E-state index in [-0.39, 0.29) is 36.5 Å². The molecule has 2 atom stereocenters. The first kappa shape index (κ1) is 28.1. The standard InChI is InChI=1S/C32H41N3O5/c36-30(28-18-10-20-33-28)35-29(31(37)40-22-11-2-1-3-12-22)17-8-9-19-34-32(38)39-21-27-25-15-6-4-13-23(25)24-14-5-7-16-26(24)27/h4-7,13-16,22,27-29,33H,1-3,8-12,17-21H2,(H,34,38)(H,35,36)/t28-,29?/m1/s1. The van der Waals surface area contributed by atoms with Gasteiger partial charge in [-0.1, -0.05) is 55.0 Å². The summed E-state index contributed by atoms with van der Waals surface area (Å²) in [6.07, 6.45) is 8.12. The molecule has 8 heteroatoms. The van der Waals surface area contributed by atoms with Crippen molar-refractivity contribution in [2.75, 3.05) is 19.7 Å². The number of benzene rings is 2. The van der Waals surface area contributed by atoms with E-state index in [1.54, 1.807) is 0 Å². The van der Waals surface area contributed by atoms with Crippen LogP contribution >= 0.6 is 0 Å². The van der Waals surface area contributed by atoms with Gasteiger partial charge in [-0.25, -0.2) is 9.59 Å². The van der Waals surface area contributed by atoms with Gasteiger partial charge in [-0.05, 0) is 86.6 Å². The van der Waals surface area contributed by atoms with Gasteiger partial charge in [0.1, 0.15) is 18.8 Å². The molecule has 2 aromatic rings. The van der Waals surface area contributed by atoms with Crippen LogP contribution in [-0.2, 0) is 19.1 Å². The van der Waals surface area contributed by atoms with Crippen molar-refractivity contribution in [3.8, 4) is 11.1 Å². The van der Waals surface area contributed by atoms with Crippen molar-refractivity contribution in [3.63, 3.8) is 0 Å². The van der Waals surface area contributed by atoms with Gasteiger partial charge in [-0.15, -0.1) is 0 Å². The number of esters is 1. The van der Waals surface area contributed by atoms with E-state index in [0.29, 0.717) is 25.8 Å². The first-order chi connectivity index (χ1) is 19.6. The van der Waals surface area contributed by atoms with Crippen molar-refractivity contribution in [3.05, 3.63) is 59.7 Å². The van der Waals surface area contributed by atoms with Crippen LogP contribution in [0.25, 0.3) is 11.1 Å². The maximum absolute atomic E-state index is 13.0. The molecule has 2 aliphatic carbocycles. The number of rotatable bonds is 11. The number of carbonyl (C=O) groups excluding carboxylic acids is 3. The van der Waals surface area contributed by atoms with E-state index in [1.807, 2.05) is 24.3 Å². The number of carbonyl (C=O) groups is 3. The average molecular weight is 548 g/mol. The molecule has 5 rings (SSSR count). The number of ether oxygens (including phenoxy) is 2. The lowest BCUT2D eigenvalue weighted by Crippen LogP contribution is -2.49. The molecular formula is C32H41N3O5. The Balaban J connectivity index is 1.06. The SMILES string of the molecule is O=C(NCCCCC(NC(=O)[C@H]1CCCN1)C(=O)OC1CCCCC1)OCC1c2ccccc2-c2ccccc21. The first-order valence-electron chi connectivity index (χ1n) is 14.9. The molecule has 8 nitrogen and oxygen atoms in total. The Bertz CT molecular complexity index is 1130. The van der Waals surface area contributed by atoms with Crippen LogP contribution in [0.15, 0.2) is 48.5 Å². The van der Waals surface area contributed by atoms with Crippen molar-refractivity contribution in [2.45, 2.75) is 88.3 Å². The number of unbranched alkanes of at least 4 members (excludes halogenated alkanes) is 1. The summed E-state index contributed by atoms with van der Waals surface area (Å²) >= 11 is 0.